The van der Waals surface area contributed by atoms with Crippen molar-refractivity contribution in [2.24, 2.45) is 5.92 Å². The van der Waals surface area contributed by atoms with E-state index in [4.69, 9.17) is 18.8 Å². The zero-order valence-corrected chi connectivity index (χ0v) is 21.2. The molecule has 0 saturated carbocycles. The van der Waals surface area contributed by atoms with Crippen molar-refractivity contribution in [2.75, 3.05) is 13.2 Å². The molecule has 1 saturated heterocycles. The van der Waals surface area contributed by atoms with Crippen molar-refractivity contribution < 1.29 is 23.3 Å². The van der Waals surface area contributed by atoms with Crippen LogP contribution in [0.1, 0.15) is 55.6 Å². The summed E-state index contributed by atoms with van der Waals surface area (Å²) in [6.45, 7) is 8.35. The van der Waals surface area contributed by atoms with E-state index in [1.807, 2.05) is 19.9 Å². The number of hydrogen-bond acceptors (Lipinski definition) is 8. The normalized spacial score (nSPS) is 16.2. The molecule has 1 fully saturated rings. The number of ether oxygens (including phenoxy) is 1. The molecule has 9 nitrogen and oxygen atoms in total. The smallest absolute Gasteiger partial charge is 0.211 e. The molecule has 0 aromatic carbocycles. The number of hydrogen-bond donors (Lipinski definition) is 1. The van der Waals surface area contributed by atoms with Crippen LogP contribution in [0, 0.1) is 25.6 Å². The first kappa shape index (κ1) is 23.7. The second-order valence-electron chi connectivity index (χ2n) is 10.2. The molecule has 1 aliphatic rings. The highest BCUT2D eigenvalue weighted by molar-refractivity contribution is 6.04. The summed E-state index contributed by atoms with van der Waals surface area (Å²) in [5.41, 5.74) is 4.86. The highest BCUT2D eigenvalue weighted by atomic mass is 19.1. The molecule has 5 aromatic rings. The first-order chi connectivity index (χ1) is 17.7. The minimum atomic E-state index is -1.28. The second kappa shape index (κ2) is 8.74. The van der Waals surface area contributed by atoms with E-state index >= 15 is 0 Å². The molecule has 1 atom stereocenters. The Morgan fingerprint density at radius 1 is 1.08 bits per heavy atom. The lowest BCUT2D eigenvalue weighted by Crippen LogP contribution is -2.28. The maximum absolute atomic E-state index is 13.9. The van der Waals surface area contributed by atoms with Crippen LogP contribution in [0.5, 0.6) is 0 Å². The maximum Gasteiger partial charge on any atom is 0.211 e. The Bertz CT molecular complexity index is 1570. The number of pyridine rings is 2. The second-order valence-corrected chi connectivity index (χ2v) is 10.2. The quantitative estimate of drug-likeness (QED) is 0.346. The number of fused-ring (bicyclic) bond motifs is 3. The van der Waals surface area contributed by atoms with Crippen LogP contribution in [-0.2, 0) is 10.3 Å². The summed E-state index contributed by atoms with van der Waals surface area (Å²) in [4.78, 5) is 9.29. The lowest BCUT2D eigenvalue weighted by molar-refractivity contribution is 0.0542. The topological polar surface area (TPSA) is 112 Å². The van der Waals surface area contributed by atoms with Crippen LogP contribution in [0.15, 0.2) is 39.6 Å². The number of rotatable bonds is 5. The SMILES string of the molecule is Cc1noc(C)c1-c1cnc2c3onc(C(C)(C)O)c3n(C(c3ccc(F)cn3)C3CCOCC3)c2c1. The van der Waals surface area contributed by atoms with Gasteiger partial charge in [-0.25, -0.2) is 9.37 Å². The van der Waals surface area contributed by atoms with Crippen molar-refractivity contribution in [3.63, 3.8) is 0 Å². The van der Waals surface area contributed by atoms with Crippen LogP contribution >= 0.6 is 0 Å². The standard InChI is InChI=1S/C27H28FN5O4/c1-14-21(15(2)36-31-14)17-11-20-22(30-12-17)25-24(26(32-37-25)27(3,4)34)33(20)23(16-7-9-35-10-8-16)19-6-5-18(28)13-29-19/h5-6,11-13,16,23,34H,7-10H2,1-4H3. The third-order valence-corrected chi connectivity index (χ3v) is 7.20. The largest absolute Gasteiger partial charge is 0.384 e. The van der Waals surface area contributed by atoms with E-state index in [-0.39, 0.29) is 12.0 Å². The fraction of sp³-hybridized carbons (Fsp3) is 0.407. The molecule has 5 aromatic heterocycles. The Balaban J connectivity index is 1.70. The van der Waals surface area contributed by atoms with Gasteiger partial charge in [0, 0.05) is 30.5 Å². The van der Waals surface area contributed by atoms with Gasteiger partial charge < -0.3 is 23.5 Å². The summed E-state index contributed by atoms with van der Waals surface area (Å²) in [6, 6.07) is 4.88. The van der Waals surface area contributed by atoms with E-state index in [9.17, 15) is 9.50 Å². The van der Waals surface area contributed by atoms with Gasteiger partial charge in [0.25, 0.3) is 0 Å². The van der Waals surface area contributed by atoms with Gasteiger partial charge in [-0.05, 0) is 64.7 Å². The van der Waals surface area contributed by atoms with Crippen molar-refractivity contribution in [1.29, 1.82) is 0 Å². The van der Waals surface area contributed by atoms with E-state index in [2.05, 4.69) is 19.9 Å². The Morgan fingerprint density at radius 3 is 2.51 bits per heavy atom. The van der Waals surface area contributed by atoms with E-state index < -0.39 is 11.4 Å². The maximum atomic E-state index is 13.9. The lowest BCUT2D eigenvalue weighted by atomic mass is 9.88. The van der Waals surface area contributed by atoms with Gasteiger partial charge in [0.1, 0.15) is 33.9 Å². The average Bonchev–Trinajstić information content (AvgIpc) is 3.54. The number of aromatic nitrogens is 5. The van der Waals surface area contributed by atoms with Gasteiger partial charge in [-0.3, -0.25) is 4.98 Å². The first-order valence-corrected chi connectivity index (χ1v) is 12.4. The van der Waals surface area contributed by atoms with E-state index in [1.54, 1.807) is 26.1 Å². The van der Waals surface area contributed by atoms with E-state index in [0.717, 1.165) is 35.2 Å². The Morgan fingerprint density at radius 2 is 1.86 bits per heavy atom. The number of aryl methyl sites for hydroxylation is 2. The summed E-state index contributed by atoms with van der Waals surface area (Å²) < 4.78 is 32.9. The molecule has 1 unspecified atom stereocenters. The fourth-order valence-electron chi connectivity index (χ4n) is 5.50. The number of aliphatic hydroxyl groups is 1. The molecule has 0 spiro atoms. The Kier molecular flexibility index (Phi) is 5.61. The predicted molar refractivity (Wildman–Crippen MR) is 133 cm³/mol. The zero-order chi connectivity index (χ0) is 25.9. The fourth-order valence-corrected chi connectivity index (χ4v) is 5.50. The monoisotopic (exact) mass is 505 g/mol. The molecule has 0 radical (unpaired) electrons. The number of nitrogens with zero attached hydrogens (tertiary/aromatic N) is 5. The van der Waals surface area contributed by atoms with E-state index in [0.29, 0.717) is 47.0 Å². The number of halogens is 1. The van der Waals surface area contributed by atoms with Crippen LogP contribution in [0.3, 0.4) is 0 Å². The minimum Gasteiger partial charge on any atom is -0.384 e. The van der Waals surface area contributed by atoms with Gasteiger partial charge >= 0.3 is 0 Å². The Hall–Kier alpha value is -3.63. The summed E-state index contributed by atoms with van der Waals surface area (Å²) in [5, 5.41) is 19.4. The summed E-state index contributed by atoms with van der Waals surface area (Å²) in [7, 11) is 0. The Labute approximate surface area is 212 Å². The molecule has 192 valence electrons. The van der Waals surface area contributed by atoms with Crippen LogP contribution in [-0.4, -0.2) is 43.2 Å². The molecule has 0 aliphatic carbocycles. The van der Waals surface area contributed by atoms with Crippen molar-refractivity contribution in [3.05, 3.63) is 59.3 Å². The molecule has 6 rings (SSSR count). The van der Waals surface area contributed by atoms with Crippen LogP contribution in [0.25, 0.3) is 33.3 Å². The van der Waals surface area contributed by atoms with Crippen molar-refractivity contribution in [3.8, 4) is 11.1 Å². The minimum absolute atomic E-state index is 0.137. The summed E-state index contributed by atoms with van der Waals surface area (Å²) >= 11 is 0. The van der Waals surface area contributed by atoms with Crippen LogP contribution < -0.4 is 0 Å². The summed E-state index contributed by atoms with van der Waals surface area (Å²) in [6.07, 6.45) is 4.60. The molecule has 6 heterocycles. The van der Waals surface area contributed by atoms with E-state index in [1.165, 1.54) is 12.3 Å². The van der Waals surface area contributed by atoms with Crippen LogP contribution in [0.4, 0.5) is 4.39 Å². The third-order valence-electron chi connectivity index (χ3n) is 7.20. The van der Waals surface area contributed by atoms with Crippen molar-refractivity contribution in [2.45, 2.75) is 52.2 Å². The molecule has 1 aliphatic heterocycles. The highest BCUT2D eigenvalue weighted by Gasteiger charge is 2.36. The summed E-state index contributed by atoms with van der Waals surface area (Å²) in [5.74, 6) is 0.430. The highest BCUT2D eigenvalue weighted by Crippen LogP contribution is 2.43. The average molecular weight is 506 g/mol. The molecule has 1 N–H and O–H groups in total. The molecular weight excluding hydrogens is 477 g/mol. The van der Waals surface area contributed by atoms with Gasteiger partial charge in [0.05, 0.1) is 29.1 Å². The molecular formula is C27H28FN5O4. The van der Waals surface area contributed by atoms with Gasteiger partial charge in [0.15, 0.2) is 0 Å². The van der Waals surface area contributed by atoms with Crippen molar-refractivity contribution >= 4 is 22.1 Å². The first-order valence-electron chi connectivity index (χ1n) is 12.4. The molecule has 37 heavy (non-hydrogen) atoms. The predicted octanol–water partition coefficient (Wildman–Crippen LogP) is 5.23. The molecule has 0 amide bonds. The van der Waals surface area contributed by atoms with Gasteiger partial charge in [-0.1, -0.05) is 10.3 Å². The molecule has 0 bridgehead atoms. The van der Waals surface area contributed by atoms with Crippen LogP contribution in [0.2, 0.25) is 0 Å². The van der Waals surface area contributed by atoms with Gasteiger partial charge in [0.2, 0.25) is 5.58 Å². The van der Waals surface area contributed by atoms with Gasteiger partial charge in [-0.2, -0.15) is 0 Å². The zero-order valence-electron chi connectivity index (χ0n) is 21.2. The van der Waals surface area contributed by atoms with Gasteiger partial charge in [-0.15, -0.1) is 0 Å². The lowest BCUT2D eigenvalue weighted by Gasteiger charge is -2.32. The third kappa shape index (κ3) is 3.91. The van der Waals surface area contributed by atoms with Crippen molar-refractivity contribution in [1.82, 2.24) is 24.8 Å². The molecule has 10 heteroatoms.